The second-order valence-corrected chi connectivity index (χ2v) is 1.89. The Balaban J connectivity index is 3.04. The Hall–Kier alpha value is -0.770. The van der Waals surface area contributed by atoms with Gasteiger partial charge in [0.2, 0.25) is 0 Å². The molecule has 0 amide bonds. The summed E-state index contributed by atoms with van der Waals surface area (Å²) in [6.07, 6.45) is -0.592. The lowest BCUT2D eigenvalue weighted by Crippen LogP contribution is -2.21. The number of hydrogen-bond acceptors (Lipinski definition) is 4. The van der Waals surface area contributed by atoms with Gasteiger partial charge in [-0.05, 0) is 13.5 Å². The lowest BCUT2D eigenvalue weighted by atomic mass is 10.6. The SMILES string of the molecule is CCNCCOC(=O)OCC. The summed E-state index contributed by atoms with van der Waals surface area (Å²) in [6.45, 7) is 6.02. The van der Waals surface area contributed by atoms with Crippen molar-refractivity contribution in [2.75, 3.05) is 26.3 Å². The summed E-state index contributed by atoms with van der Waals surface area (Å²) in [4.78, 5) is 10.5. The Bertz CT molecular complexity index is 106. The molecule has 0 saturated carbocycles. The molecule has 0 rings (SSSR count). The van der Waals surface area contributed by atoms with Crippen molar-refractivity contribution in [2.45, 2.75) is 13.8 Å². The molecule has 0 radical (unpaired) electrons. The molecule has 0 aromatic carbocycles. The van der Waals surface area contributed by atoms with Gasteiger partial charge in [-0.3, -0.25) is 0 Å². The fourth-order valence-electron chi connectivity index (χ4n) is 0.543. The summed E-state index contributed by atoms with van der Waals surface area (Å²) in [7, 11) is 0. The summed E-state index contributed by atoms with van der Waals surface area (Å²) < 4.78 is 9.19. The molecule has 0 unspecified atom stereocenters. The van der Waals surface area contributed by atoms with E-state index in [2.05, 4.69) is 14.8 Å². The molecule has 0 saturated heterocycles. The lowest BCUT2D eigenvalue weighted by molar-refractivity contribution is 0.0599. The first-order valence-electron chi connectivity index (χ1n) is 3.81. The molecule has 4 heteroatoms. The van der Waals surface area contributed by atoms with E-state index < -0.39 is 6.16 Å². The number of ether oxygens (including phenoxy) is 2. The van der Waals surface area contributed by atoms with Crippen molar-refractivity contribution in [1.29, 1.82) is 0 Å². The van der Waals surface area contributed by atoms with Gasteiger partial charge in [-0.2, -0.15) is 0 Å². The summed E-state index contributed by atoms with van der Waals surface area (Å²) in [5, 5.41) is 3.01. The van der Waals surface area contributed by atoms with E-state index in [-0.39, 0.29) is 0 Å². The fourth-order valence-corrected chi connectivity index (χ4v) is 0.543. The maximum atomic E-state index is 10.5. The van der Waals surface area contributed by atoms with Crippen LogP contribution < -0.4 is 5.32 Å². The van der Waals surface area contributed by atoms with Crippen LogP contribution in [0.2, 0.25) is 0 Å². The number of likely N-dealkylation sites (N-methyl/N-ethyl adjacent to an activating group) is 1. The molecule has 0 fully saturated rings. The average Bonchev–Trinajstić information content (AvgIpc) is 1.99. The molecule has 0 heterocycles. The molecular weight excluding hydrogens is 146 g/mol. The van der Waals surface area contributed by atoms with Crippen LogP contribution in [0.25, 0.3) is 0 Å². The zero-order valence-corrected chi connectivity index (χ0v) is 7.05. The first kappa shape index (κ1) is 10.2. The Labute approximate surface area is 66.9 Å². The van der Waals surface area contributed by atoms with E-state index in [1.807, 2.05) is 6.92 Å². The van der Waals surface area contributed by atoms with Crippen molar-refractivity contribution in [3.63, 3.8) is 0 Å². The Morgan fingerprint density at radius 1 is 1.36 bits per heavy atom. The van der Waals surface area contributed by atoms with Gasteiger partial charge in [-0.25, -0.2) is 4.79 Å². The van der Waals surface area contributed by atoms with Gasteiger partial charge in [0.05, 0.1) is 6.61 Å². The van der Waals surface area contributed by atoms with E-state index in [9.17, 15) is 4.79 Å². The Kier molecular flexibility index (Phi) is 6.82. The van der Waals surface area contributed by atoms with Crippen LogP contribution in [0.5, 0.6) is 0 Å². The molecule has 1 N–H and O–H groups in total. The molecule has 0 aliphatic carbocycles. The smallest absolute Gasteiger partial charge is 0.435 e. The van der Waals surface area contributed by atoms with Crippen molar-refractivity contribution < 1.29 is 14.3 Å². The molecule has 0 aliphatic heterocycles. The first-order chi connectivity index (χ1) is 5.31. The minimum Gasteiger partial charge on any atom is -0.435 e. The van der Waals surface area contributed by atoms with Gasteiger partial charge in [0.1, 0.15) is 6.61 Å². The molecule has 0 atom stereocenters. The minimum atomic E-state index is -0.592. The van der Waals surface area contributed by atoms with Crippen LogP contribution >= 0.6 is 0 Å². The highest BCUT2D eigenvalue weighted by atomic mass is 16.7. The van der Waals surface area contributed by atoms with Crippen LogP contribution in [0.1, 0.15) is 13.8 Å². The van der Waals surface area contributed by atoms with Crippen LogP contribution in [-0.2, 0) is 9.47 Å². The first-order valence-corrected chi connectivity index (χ1v) is 3.81. The number of nitrogens with one attached hydrogen (secondary N) is 1. The molecule has 0 aromatic heterocycles. The molecule has 0 aliphatic rings. The highest BCUT2D eigenvalue weighted by molar-refractivity contribution is 5.59. The molecule has 4 nitrogen and oxygen atoms in total. The Morgan fingerprint density at radius 2 is 2.09 bits per heavy atom. The van der Waals surface area contributed by atoms with E-state index in [1.165, 1.54) is 0 Å². The number of carbonyl (C=O) groups excluding carboxylic acids is 1. The average molecular weight is 161 g/mol. The third-order valence-electron chi connectivity index (χ3n) is 1.01. The summed E-state index contributed by atoms with van der Waals surface area (Å²) in [5.74, 6) is 0. The summed E-state index contributed by atoms with van der Waals surface area (Å²) in [6, 6.07) is 0. The van der Waals surface area contributed by atoms with E-state index >= 15 is 0 Å². The summed E-state index contributed by atoms with van der Waals surface area (Å²) >= 11 is 0. The van der Waals surface area contributed by atoms with Gasteiger partial charge in [0, 0.05) is 6.54 Å². The quantitative estimate of drug-likeness (QED) is 0.478. The van der Waals surface area contributed by atoms with Gasteiger partial charge >= 0.3 is 6.16 Å². The zero-order valence-electron chi connectivity index (χ0n) is 7.05. The van der Waals surface area contributed by atoms with E-state index in [4.69, 9.17) is 0 Å². The lowest BCUT2D eigenvalue weighted by Gasteiger charge is -2.03. The maximum absolute atomic E-state index is 10.5. The van der Waals surface area contributed by atoms with Gasteiger partial charge in [-0.15, -0.1) is 0 Å². The molecule has 0 bridgehead atoms. The zero-order chi connectivity index (χ0) is 8.53. The van der Waals surface area contributed by atoms with Crippen molar-refractivity contribution >= 4 is 6.16 Å². The number of rotatable bonds is 5. The monoisotopic (exact) mass is 161 g/mol. The van der Waals surface area contributed by atoms with Crippen molar-refractivity contribution in [3.05, 3.63) is 0 Å². The highest BCUT2D eigenvalue weighted by Crippen LogP contribution is 1.82. The topological polar surface area (TPSA) is 47.6 Å². The van der Waals surface area contributed by atoms with Gasteiger partial charge in [-0.1, -0.05) is 6.92 Å². The minimum absolute atomic E-state index is 0.361. The van der Waals surface area contributed by atoms with Crippen LogP contribution in [0.15, 0.2) is 0 Å². The maximum Gasteiger partial charge on any atom is 0.508 e. The molecule has 11 heavy (non-hydrogen) atoms. The predicted octanol–water partition coefficient (Wildman–Crippen LogP) is 0.769. The highest BCUT2D eigenvalue weighted by Gasteiger charge is 1.99. The molecule has 66 valence electrons. The number of hydrogen-bond donors (Lipinski definition) is 1. The Morgan fingerprint density at radius 3 is 2.64 bits per heavy atom. The third kappa shape index (κ3) is 7.12. The van der Waals surface area contributed by atoms with Crippen LogP contribution in [0.4, 0.5) is 4.79 Å². The third-order valence-corrected chi connectivity index (χ3v) is 1.01. The van der Waals surface area contributed by atoms with E-state index in [0.717, 1.165) is 6.54 Å². The van der Waals surface area contributed by atoms with Crippen LogP contribution in [0.3, 0.4) is 0 Å². The second kappa shape index (κ2) is 7.34. The summed E-state index contributed by atoms with van der Waals surface area (Å²) in [5.41, 5.74) is 0. The van der Waals surface area contributed by atoms with Crippen LogP contribution in [-0.4, -0.2) is 32.5 Å². The van der Waals surface area contributed by atoms with Crippen molar-refractivity contribution in [1.82, 2.24) is 5.32 Å². The predicted molar refractivity (Wildman–Crippen MR) is 41.5 cm³/mol. The number of carbonyl (C=O) groups is 1. The van der Waals surface area contributed by atoms with Gasteiger partial charge in [0.15, 0.2) is 0 Å². The van der Waals surface area contributed by atoms with Crippen molar-refractivity contribution in [3.8, 4) is 0 Å². The van der Waals surface area contributed by atoms with Gasteiger partial charge in [0.25, 0.3) is 0 Å². The standard InChI is InChI=1S/C7H15NO3/c1-3-8-5-6-11-7(9)10-4-2/h8H,3-6H2,1-2H3. The largest absolute Gasteiger partial charge is 0.508 e. The van der Waals surface area contributed by atoms with Crippen LogP contribution in [0, 0.1) is 0 Å². The molecular formula is C7H15NO3. The molecule has 0 spiro atoms. The normalized spacial score (nSPS) is 9.27. The fraction of sp³-hybridized carbons (Fsp3) is 0.857. The second-order valence-electron chi connectivity index (χ2n) is 1.89. The van der Waals surface area contributed by atoms with Gasteiger partial charge < -0.3 is 14.8 Å². The van der Waals surface area contributed by atoms with E-state index in [0.29, 0.717) is 19.8 Å². The molecule has 0 aromatic rings. The van der Waals surface area contributed by atoms with Crippen molar-refractivity contribution in [2.24, 2.45) is 0 Å². The van der Waals surface area contributed by atoms with E-state index in [1.54, 1.807) is 6.92 Å².